The van der Waals surface area contributed by atoms with Crippen LogP contribution in [0.5, 0.6) is 5.75 Å². The van der Waals surface area contributed by atoms with Crippen LogP contribution in [0.4, 0.5) is 0 Å². The van der Waals surface area contributed by atoms with Crippen LogP contribution in [0.15, 0.2) is 72.5 Å². The van der Waals surface area contributed by atoms with Crippen molar-refractivity contribution >= 4 is 17.2 Å². The molecule has 7 nitrogen and oxygen atoms in total. The van der Waals surface area contributed by atoms with E-state index in [0.717, 1.165) is 28.4 Å². The monoisotopic (exact) mass is 462 g/mol. The van der Waals surface area contributed by atoms with E-state index in [0.29, 0.717) is 26.0 Å². The molecule has 4 rings (SSSR count). The normalized spacial score (nSPS) is 11.9. The van der Waals surface area contributed by atoms with Gasteiger partial charge in [-0.3, -0.25) is 4.79 Å². The van der Waals surface area contributed by atoms with E-state index >= 15 is 0 Å². The predicted octanol–water partition coefficient (Wildman–Crippen LogP) is 3.92. The zero-order valence-electron chi connectivity index (χ0n) is 18.1. The SMILES string of the molecule is NC(=O)c1cn(C[C@@H](O)CCCOc2cccc(-c3csc(Cc4ccccc4)n3)c2)cn1. The fourth-order valence-corrected chi connectivity index (χ4v) is 4.31. The molecule has 0 saturated carbocycles. The highest BCUT2D eigenvalue weighted by Gasteiger charge is 2.10. The maximum atomic E-state index is 11.1. The quantitative estimate of drug-likeness (QED) is 0.329. The van der Waals surface area contributed by atoms with Crippen molar-refractivity contribution in [2.75, 3.05) is 6.61 Å². The summed E-state index contributed by atoms with van der Waals surface area (Å²) >= 11 is 1.66. The number of nitrogens with zero attached hydrogens (tertiary/aromatic N) is 3. The average Bonchev–Trinajstić information content (AvgIpc) is 3.48. The Bertz CT molecular complexity index is 1190. The molecule has 3 N–H and O–H groups in total. The van der Waals surface area contributed by atoms with Gasteiger partial charge in [0, 0.05) is 30.1 Å². The smallest absolute Gasteiger partial charge is 0.268 e. The second kappa shape index (κ2) is 10.9. The molecular weight excluding hydrogens is 436 g/mol. The fraction of sp³-hybridized carbons (Fsp3) is 0.240. The molecule has 2 aromatic heterocycles. The van der Waals surface area contributed by atoms with Crippen molar-refractivity contribution in [3.8, 4) is 17.0 Å². The first kappa shape index (κ1) is 22.7. The lowest BCUT2D eigenvalue weighted by atomic mass is 10.1. The zero-order valence-corrected chi connectivity index (χ0v) is 18.9. The summed E-state index contributed by atoms with van der Waals surface area (Å²) in [6, 6.07) is 18.2. The van der Waals surface area contributed by atoms with E-state index in [9.17, 15) is 9.90 Å². The van der Waals surface area contributed by atoms with Crippen LogP contribution in [-0.4, -0.2) is 38.3 Å². The van der Waals surface area contributed by atoms with E-state index < -0.39 is 12.0 Å². The maximum absolute atomic E-state index is 11.1. The van der Waals surface area contributed by atoms with Gasteiger partial charge in [0.2, 0.25) is 0 Å². The molecule has 1 amide bonds. The van der Waals surface area contributed by atoms with Gasteiger partial charge >= 0.3 is 0 Å². The largest absolute Gasteiger partial charge is 0.494 e. The zero-order chi connectivity index (χ0) is 23.0. The summed E-state index contributed by atoms with van der Waals surface area (Å²) in [5.74, 6) is 0.198. The second-order valence-corrected chi connectivity index (χ2v) is 8.72. The van der Waals surface area contributed by atoms with Gasteiger partial charge in [-0.15, -0.1) is 11.3 Å². The number of carbonyl (C=O) groups is 1. The van der Waals surface area contributed by atoms with Crippen molar-refractivity contribution in [1.29, 1.82) is 0 Å². The number of aliphatic hydroxyl groups excluding tert-OH is 1. The highest BCUT2D eigenvalue weighted by molar-refractivity contribution is 7.10. The van der Waals surface area contributed by atoms with Crippen LogP contribution >= 0.6 is 11.3 Å². The van der Waals surface area contributed by atoms with E-state index in [1.54, 1.807) is 15.9 Å². The summed E-state index contributed by atoms with van der Waals surface area (Å²) in [5, 5.41) is 13.4. The number of carbonyl (C=O) groups excluding carboxylic acids is 1. The Morgan fingerprint density at radius 3 is 2.82 bits per heavy atom. The molecule has 2 heterocycles. The first-order valence-corrected chi connectivity index (χ1v) is 11.7. The molecule has 0 saturated heterocycles. The van der Waals surface area contributed by atoms with Crippen LogP contribution in [0.2, 0.25) is 0 Å². The Kier molecular flexibility index (Phi) is 7.49. The Balaban J connectivity index is 1.25. The molecule has 170 valence electrons. The Morgan fingerprint density at radius 1 is 1.18 bits per heavy atom. The molecule has 0 spiro atoms. The first-order chi connectivity index (χ1) is 16.1. The van der Waals surface area contributed by atoms with E-state index in [1.165, 1.54) is 18.1 Å². The minimum absolute atomic E-state index is 0.192. The minimum atomic E-state index is -0.580. The summed E-state index contributed by atoms with van der Waals surface area (Å²) in [4.78, 5) is 19.8. The van der Waals surface area contributed by atoms with Gasteiger partial charge in [-0.25, -0.2) is 9.97 Å². The topological polar surface area (TPSA) is 103 Å². The number of imidazole rings is 1. The molecule has 0 aliphatic rings. The van der Waals surface area contributed by atoms with Gasteiger partial charge in [0.25, 0.3) is 5.91 Å². The summed E-state index contributed by atoms with van der Waals surface area (Å²) in [7, 11) is 0. The minimum Gasteiger partial charge on any atom is -0.494 e. The van der Waals surface area contributed by atoms with Gasteiger partial charge in [0.15, 0.2) is 0 Å². The molecule has 33 heavy (non-hydrogen) atoms. The van der Waals surface area contributed by atoms with Gasteiger partial charge in [0.05, 0.1) is 29.7 Å². The summed E-state index contributed by atoms with van der Waals surface area (Å²) in [6.45, 7) is 0.845. The molecule has 0 bridgehead atoms. The fourth-order valence-electron chi connectivity index (χ4n) is 3.47. The van der Waals surface area contributed by atoms with Crippen LogP contribution in [0.1, 0.15) is 33.9 Å². The number of benzene rings is 2. The molecule has 1 atom stereocenters. The summed E-state index contributed by atoms with van der Waals surface area (Å²) < 4.78 is 7.55. The van der Waals surface area contributed by atoms with Crippen LogP contribution < -0.4 is 10.5 Å². The average molecular weight is 463 g/mol. The molecule has 4 aromatic rings. The molecule has 0 aliphatic heterocycles. The molecule has 2 aromatic carbocycles. The molecular formula is C25H26N4O3S. The van der Waals surface area contributed by atoms with Gasteiger partial charge in [-0.05, 0) is 30.5 Å². The van der Waals surface area contributed by atoms with Crippen molar-refractivity contribution < 1.29 is 14.6 Å². The number of hydrogen-bond acceptors (Lipinski definition) is 6. The number of rotatable bonds is 11. The standard InChI is InChI=1S/C25H26N4O3S/c26-25(31)22-15-29(17-27-22)14-20(30)9-5-11-32-21-10-4-8-19(13-21)23-16-33-24(28-23)12-18-6-2-1-3-7-18/h1-4,6-8,10,13,15-17,20,30H,5,9,11-12,14H2,(H2,26,31)/t20-/m0/s1. The van der Waals surface area contributed by atoms with Crippen molar-refractivity contribution in [2.45, 2.75) is 31.9 Å². The number of nitrogens with two attached hydrogens (primary N) is 1. The van der Waals surface area contributed by atoms with E-state index in [-0.39, 0.29) is 5.69 Å². The van der Waals surface area contributed by atoms with Crippen molar-refractivity contribution in [3.63, 3.8) is 0 Å². The van der Waals surface area contributed by atoms with Crippen LogP contribution in [0.3, 0.4) is 0 Å². The van der Waals surface area contributed by atoms with Crippen molar-refractivity contribution in [3.05, 3.63) is 88.8 Å². The van der Waals surface area contributed by atoms with Gasteiger partial charge < -0.3 is 20.1 Å². The molecule has 0 fully saturated rings. The second-order valence-electron chi connectivity index (χ2n) is 7.78. The molecule has 0 aliphatic carbocycles. The molecule has 0 radical (unpaired) electrons. The number of ether oxygens (including phenoxy) is 1. The van der Waals surface area contributed by atoms with E-state index in [1.807, 2.05) is 42.5 Å². The van der Waals surface area contributed by atoms with Gasteiger partial charge in [-0.2, -0.15) is 0 Å². The summed E-state index contributed by atoms with van der Waals surface area (Å²) in [5.41, 5.74) is 8.60. The number of aromatic nitrogens is 3. The highest BCUT2D eigenvalue weighted by atomic mass is 32.1. The van der Waals surface area contributed by atoms with Crippen LogP contribution in [-0.2, 0) is 13.0 Å². The van der Waals surface area contributed by atoms with E-state index in [4.69, 9.17) is 15.5 Å². The van der Waals surface area contributed by atoms with Gasteiger partial charge in [0.1, 0.15) is 11.4 Å². The first-order valence-electron chi connectivity index (χ1n) is 10.8. The lowest BCUT2D eigenvalue weighted by molar-refractivity contribution is 0.0995. The number of thiazole rings is 1. The van der Waals surface area contributed by atoms with E-state index in [2.05, 4.69) is 22.5 Å². The summed E-state index contributed by atoms with van der Waals surface area (Å²) in [6.07, 6.45) is 4.56. The maximum Gasteiger partial charge on any atom is 0.268 e. The Hall–Kier alpha value is -3.49. The van der Waals surface area contributed by atoms with Crippen LogP contribution in [0.25, 0.3) is 11.3 Å². The number of aliphatic hydroxyl groups is 1. The van der Waals surface area contributed by atoms with Crippen molar-refractivity contribution in [1.82, 2.24) is 14.5 Å². The predicted molar refractivity (Wildman–Crippen MR) is 128 cm³/mol. The van der Waals surface area contributed by atoms with Crippen molar-refractivity contribution in [2.24, 2.45) is 5.73 Å². The third kappa shape index (κ3) is 6.50. The molecule has 0 unspecified atom stereocenters. The third-order valence-corrected chi connectivity index (χ3v) is 5.99. The third-order valence-electron chi connectivity index (χ3n) is 5.14. The van der Waals surface area contributed by atoms with Crippen LogP contribution in [0, 0.1) is 0 Å². The number of amides is 1. The lowest BCUT2D eigenvalue weighted by Crippen LogP contribution is -2.16. The Morgan fingerprint density at radius 2 is 2.03 bits per heavy atom. The Labute approximate surface area is 196 Å². The lowest BCUT2D eigenvalue weighted by Gasteiger charge is -2.12. The van der Waals surface area contributed by atoms with Gasteiger partial charge in [-0.1, -0.05) is 42.5 Å². The highest BCUT2D eigenvalue weighted by Crippen LogP contribution is 2.26. The number of primary amides is 1. The number of hydrogen-bond donors (Lipinski definition) is 2. The molecule has 8 heteroatoms.